The van der Waals surface area contributed by atoms with E-state index in [0.717, 1.165) is 23.4 Å². The SMILES string of the molecule is NC1=NSNc2ncc(-c3ccccc3)nc21. The smallest absolute Gasteiger partial charge is 0.167 e. The van der Waals surface area contributed by atoms with Crippen LogP contribution < -0.4 is 10.5 Å². The summed E-state index contributed by atoms with van der Waals surface area (Å²) in [4.78, 5) is 8.76. The highest BCUT2D eigenvalue weighted by atomic mass is 32.2. The fourth-order valence-electron chi connectivity index (χ4n) is 1.55. The first kappa shape index (κ1) is 10.1. The average Bonchev–Trinajstić information content (AvgIpc) is 2.40. The Kier molecular flexibility index (Phi) is 2.41. The normalized spacial score (nSPS) is 13.5. The number of fused-ring (bicyclic) bond motifs is 1. The average molecular weight is 243 g/mol. The van der Waals surface area contributed by atoms with Crippen LogP contribution in [0.15, 0.2) is 40.9 Å². The van der Waals surface area contributed by atoms with Crippen molar-refractivity contribution in [1.82, 2.24) is 9.97 Å². The minimum atomic E-state index is 0.397. The highest BCUT2D eigenvalue weighted by molar-refractivity contribution is 7.99. The van der Waals surface area contributed by atoms with Crippen molar-refractivity contribution in [3.05, 3.63) is 42.2 Å². The Hall–Kier alpha value is -2.08. The van der Waals surface area contributed by atoms with Gasteiger partial charge in [0.15, 0.2) is 11.7 Å². The first-order valence-corrected chi connectivity index (χ1v) is 5.80. The number of rotatable bonds is 1. The second-order valence-electron chi connectivity index (χ2n) is 3.49. The van der Waals surface area contributed by atoms with Gasteiger partial charge in [0, 0.05) is 5.56 Å². The van der Waals surface area contributed by atoms with Gasteiger partial charge in [-0.1, -0.05) is 30.3 Å². The number of nitrogens with zero attached hydrogens (tertiary/aromatic N) is 3. The molecule has 1 aromatic heterocycles. The van der Waals surface area contributed by atoms with Crippen LogP contribution >= 0.6 is 12.1 Å². The summed E-state index contributed by atoms with van der Waals surface area (Å²) in [6.07, 6.45) is 1.72. The van der Waals surface area contributed by atoms with Gasteiger partial charge in [-0.05, 0) is 0 Å². The Morgan fingerprint density at radius 3 is 2.82 bits per heavy atom. The fraction of sp³-hybridized carbons (Fsp3) is 0. The van der Waals surface area contributed by atoms with Crippen molar-refractivity contribution in [2.75, 3.05) is 4.72 Å². The summed E-state index contributed by atoms with van der Waals surface area (Å²) in [6, 6.07) is 9.84. The highest BCUT2D eigenvalue weighted by Crippen LogP contribution is 2.24. The molecule has 6 heteroatoms. The molecule has 1 aliphatic heterocycles. The molecule has 0 aliphatic carbocycles. The lowest BCUT2D eigenvalue weighted by Gasteiger charge is -2.13. The molecule has 0 spiro atoms. The molecule has 0 amide bonds. The second-order valence-corrected chi connectivity index (χ2v) is 4.06. The molecule has 3 rings (SSSR count). The number of hydrogen-bond donors (Lipinski definition) is 2. The zero-order valence-corrected chi connectivity index (χ0v) is 9.61. The van der Waals surface area contributed by atoms with Gasteiger partial charge in [-0.2, -0.15) is 4.40 Å². The van der Waals surface area contributed by atoms with Crippen LogP contribution in [0.3, 0.4) is 0 Å². The number of nitrogens with two attached hydrogens (primary N) is 1. The maximum absolute atomic E-state index is 5.78. The molecule has 1 aromatic carbocycles. The van der Waals surface area contributed by atoms with Crippen LogP contribution in [0.2, 0.25) is 0 Å². The number of aromatic nitrogens is 2. The summed E-state index contributed by atoms with van der Waals surface area (Å²) in [5.41, 5.74) is 8.18. The molecular weight excluding hydrogens is 234 g/mol. The lowest BCUT2D eigenvalue weighted by Crippen LogP contribution is -2.20. The summed E-state index contributed by atoms with van der Waals surface area (Å²) < 4.78 is 6.95. The van der Waals surface area contributed by atoms with Crippen LogP contribution in [0.1, 0.15) is 5.69 Å². The van der Waals surface area contributed by atoms with Gasteiger partial charge in [0.05, 0.1) is 24.0 Å². The van der Waals surface area contributed by atoms with Crippen LogP contribution in [-0.4, -0.2) is 15.8 Å². The molecule has 0 saturated carbocycles. The van der Waals surface area contributed by atoms with Crippen molar-refractivity contribution in [3.8, 4) is 11.3 Å². The maximum atomic E-state index is 5.78. The van der Waals surface area contributed by atoms with E-state index in [4.69, 9.17) is 5.73 Å². The summed E-state index contributed by atoms with van der Waals surface area (Å²) >= 11 is 1.16. The van der Waals surface area contributed by atoms with Crippen LogP contribution in [0, 0.1) is 0 Å². The van der Waals surface area contributed by atoms with Crippen molar-refractivity contribution in [2.24, 2.45) is 10.1 Å². The highest BCUT2D eigenvalue weighted by Gasteiger charge is 2.16. The predicted molar refractivity (Wildman–Crippen MR) is 69.4 cm³/mol. The summed E-state index contributed by atoms with van der Waals surface area (Å²) in [5, 5.41) is 0. The number of anilines is 1. The van der Waals surface area contributed by atoms with Gasteiger partial charge >= 0.3 is 0 Å². The van der Waals surface area contributed by atoms with E-state index in [1.165, 1.54) is 0 Å². The third kappa shape index (κ3) is 1.83. The molecule has 3 N–H and O–H groups in total. The largest absolute Gasteiger partial charge is 0.381 e. The van der Waals surface area contributed by atoms with Crippen molar-refractivity contribution >= 4 is 23.8 Å². The Labute approximate surface area is 102 Å². The zero-order chi connectivity index (χ0) is 11.7. The molecule has 5 nitrogen and oxygen atoms in total. The molecule has 84 valence electrons. The quantitative estimate of drug-likeness (QED) is 0.747. The van der Waals surface area contributed by atoms with Gasteiger partial charge in [-0.3, -0.25) is 4.72 Å². The molecule has 0 unspecified atom stereocenters. The molecular formula is C11H9N5S. The fourth-order valence-corrected chi connectivity index (χ4v) is 2.02. The second kappa shape index (κ2) is 4.06. The lowest BCUT2D eigenvalue weighted by molar-refractivity contribution is 1.18. The van der Waals surface area contributed by atoms with E-state index in [9.17, 15) is 0 Å². The van der Waals surface area contributed by atoms with Crippen molar-refractivity contribution in [3.63, 3.8) is 0 Å². The van der Waals surface area contributed by atoms with Gasteiger partial charge in [0.25, 0.3) is 0 Å². The van der Waals surface area contributed by atoms with Gasteiger partial charge < -0.3 is 5.73 Å². The summed E-state index contributed by atoms with van der Waals surface area (Å²) in [7, 11) is 0. The topological polar surface area (TPSA) is 76.2 Å². The van der Waals surface area contributed by atoms with E-state index in [-0.39, 0.29) is 0 Å². The van der Waals surface area contributed by atoms with Crippen LogP contribution in [0.5, 0.6) is 0 Å². The summed E-state index contributed by atoms with van der Waals surface area (Å²) in [5.74, 6) is 1.05. The predicted octanol–water partition coefficient (Wildman–Crippen LogP) is 1.84. The molecule has 0 bridgehead atoms. The number of amidine groups is 1. The standard InChI is InChI=1S/C11H9N5S/c12-10-9-11(16-17-15-10)13-6-8(14-9)7-4-2-1-3-5-7/h1-6H,(H2,12,15)(H,13,16). The van der Waals surface area contributed by atoms with Gasteiger partial charge in [0.2, 0.25) is 0 Å². The van der Waals surface area contributed by atoms with E-state index < -0.39 is 0 Å². The summed E-state index contributed by atoms with van der Waals surface area (Å²) in [6.45, 7) is 0. The monoisotopic (exact) mass is 243 g/mol. The van der Waals surface area contributed by atoms with Crippen molar-refractivity contribution in [2.45, 2.75) is 0 Å². The van der Waals surface area contributed by atoms with E-state index in [0.29, 0.717) is 17.3 Å². The van der Waals surface area contributed by atoms with E-state index in [1.54, 1.807) is 6.20 Å². The Morgan fingerprint density at radius 1 is 1.18 bits per heavy atom. The van der Waals surface area contributed by atoms with E-state index >= 15 is 0 Å². The van der Waals surface area contributed by atoms with Crippen molar-refractivity contribution in [1.29, 1.82) is 0 Å². The molecule has 0 atom stereocenters. The van der Waals surface area contributed by atoms with Gasteiger partial charge in [0.1, 0.15) is 5.69 Å². The number of nitrogens with one attached hydrogen (secondary N) is 1. The lowest BCUT2D eigenvalue weighted by atomic mass is 10.1. The Bertz CT molecular complexity index is 582. The zero-order valence-electron chi connectivity index (χ0n) is 8.79. The maximum Gasteiger partial charge on any atom is 0.167 e. The van der Waals surface area contributed by atoms with Crippen LogP contribution in [0.4, 0.5) is 5.82 Å². The van der Waals surface area contributed by atoms with Crippen LogP contribution in [0.25, 0.3) is 11.3 Å². The first-order valence-electron chi connectivity index (χ1n) is 5.03. The Balaban J connectivity index is 2.11. The molecule has 2 heterocycles. The van der Waals surface area contributed by atoms with E-state index in [1.807, 2.05) is 30.3 Å². The molecule has 1 aliphatic rings. The third-order valence-corrected chi connectivity index (χ3v) is 2.94. The van der Waals surface area contributed by atoms with Crippen LogP contribution in [-0.2, 0) is 0 Å². The number of hydrogen-bond acceptors (Lipinski definition) is 6. The third-order valence-electron chi connectivity index (χ3n) is 2.37. The molecule has 0 fully saturated rings. The van der Waals surface area contributed by atoms with Gasteiger partial charge in [-0.25, -0.2) is 9.97 Å². The first-order chi connectivity index (χ1) is 8.34. The number of benzene rings is 1. The molecule has 0 saturated heterocycles. The molecule has 2 aromatic rings. The van der Waals surface area contributed by atoms with Crippen molar-refractivity contribution < 1.29 is 0 Å². The molecule has 17 heavy (non-hydrogen) atoms. The Morgan fingerprint density at radius 2 is 2.00 bits per heavy atom. The molecule has 0 radical (unpaired) electrons. The minimum absolute atomic E-state index is 0.397. The van der Waals surface area contributed by atoms with Gasteiger partial charge in [-0.15, -0.1) is 0 Å². The minimum Gasteiger partial charge on any atom is -0.381 e. The van der Waals surface area contributed by atoms with E-state index in [2.05, 4.69) is 19.1 Å².